The average molecular weight is 319 g/mol. The molecule has 0 spiro atoms. The van der Waals surface area contributed by atoms with Gasteiger partial charge in [-0.15, -0.1) is 0 Å². The van der Waals surface area contributed by atoms with Crippen LogP contribution in [-0.2, 0) is 9.59 Å². The highest BCUT2D eigenvalue weighted by Gasteiger charge is 2.19. The molecule has 1 fully saturated rings. The van der Waals surface area contributed by atoms with E-state index in [1.54, 1.807) is 13.3 Å². The second-order valence-corrected chi connectivity index (χ2v) is 5.09. The van der Waals surface area contributed by atoms with Gasteiger partial charge in [0, 0.05) is 58.1 Å². The van der Waals surface area contributed by atoms with Crippen molar-refractivity contribution in [3.63, 3.8) is 0 Å². The van der Waals surface area contributed by atoms with E-state index in [1.807, 2.05) is 11.0 Å². The Labute approximate surface area is 137 Å². The molecule has 1 heterocycles. The first-order valence-corrected chi connectivity index (χ1v) is 7.62. The SMILES string of the molecule is C=CC(=O)CCN/C(=N\C=O)N1CCN(/C(C)=C/C=N\C)CC1. The van der Waals surface area contributed by atoms with Crippen LogP contribution in [0.25, 0.3) is 0 Å². The van der Waals surface area contributed by atoms with Crippen LogP contribution in [0.4, 0.5) is 0 Å². The smallest absolute Gasteiger partial charge is 0.236 e. The number of nitrogens with one attached hydrogen (secondary N) is 1. The zero-order valence-electron chi connectivity index (χ0n) is 13.9. The monoisotopic (exact) mass is 319 g/mol. The number of piperazine rings is 1. The number of guanidine groups is 1. The van der Waals surface area contributed by atoms with Gasteiger partial charge in [0.25, 0.3) is 0 Å². The van der Waals surface area contributed by atoms with Crippen molar-refractivity contribution >= 4 is 24.4 Å². The first-order valence-electron chi connectivity index (χ1n) is 7.62. The summed E-state index contributed by atoms with van der Waals surface area (Å²) in [6.45, 7) is 9.11. The molecule has 126 valence electrons. The highest BCUT2D eigenvalue weighted by molar-refractivity contribution is 5.90. The van der Waals surface area contributed by atoms with Crippen molar-refractivity contribution < 1.29 is 9.59 Å². The molecule has 0 saturated carbocycles. The molecule has 1 aliphatic heterocycles. The van der Waals surface area contributed by atoms with E-state index >= 15 is 0 Å². The van der Waals surface area contributed by atoms with Crippen LogP contribution in [0.2, 0.25) is 0 Å². The third-order valence-corrected chi connectivity index (χ3v) is 3.60. The summed E-state index contributed by atoms with van der Waals surface area (Å²) in [5, 5.41) is 3.06. The molecular weight excluding hydrogens is 294 g/mol. The minimum Gasteiger partial charge on any atom is -0.371 e. The number of nitrogens with zero attached hydrogens (tertiary/aromatic N) is 4. The highest BCUT2D eigenvalue weighted by Crippen LogP contribution is 2.08. The van der Waals surface area contributed by atoms with Crippen LogP contribution in [0, 0.1) is 0 Å². The van der Waals surface area contributed by atoms with Gasteiger partial charge in [-0.25, -0.2) is 0 Å². The standard InChI is InChI=1S/C16H25N5O2/c1-4-15(23)6-8-18-16(19-13-22)21-11-9-20(10-12-21)14(2)5-7-17-3/h4-5,7,13H,1,6,8-12H2,2-3H3,(H,18,19,22)/b14-5+,17-7-. The molecule has 1 amide bonds. The minimum absolute atomic E-state index is 0.0360. The van der Waals surface area contributed by atoms with Gasteiger partial charge in [0.05, 0.1) is 0 Å². The van der Waals surface area contributed by atoms with Crippen LogP contribution < -0.4 is 5.32 Å². The van der Waals surface area contributed by atoms with Crippen LogP contribution in [0.1, 0.15) is 13.3 Å². The maximum Gasteiger partial charge on any atom is 0.236 e. The van der Waals surface area contributed by atoms with Crippen molar-refractivity contribution in [2.45, 2.75) is 13.3 Å². The van der Waals surface area contributed by atoms with Gasteiger partial charge in [0.2, 0.25) is 12.4 Å². The molecule has 7 heteroatoms. The summed E-state index contributed by atoms with van der Waals surface area (Å²) in [7, 11) is 1.74. The zero-order valence-corrected chi connectivity index (χ0v) is 13.9. The van der Waals surface area contributed by atoms with Gasteiger partial charge in [-0.2, -0.15) is 4.99 Å². The Bertz CT molecular complexity index is 503. The van der Waals surface area contributed by atoms with Crippen molar-refractivity contribution in [1.82, 2.24) is 15.1 Å². The number of rotatable bonds is 7. The summed E-state index contributed by atoms with van der Waals surface area (Å²) in [5.41, 5.74) is 1.16. The number of carbonyl (C=O) groups excluding carboxylic acids is 2. The summed E-state index contributed by atoms with van der Waals surface area (Å²) in [5.74, 6) is 0.486. The number of hydrogen-bond acceptors (Lipinski definition) is 4. The Morgan fingerprint density at radius 3 is 2.48 bits per heavy atom. The maximum absolute atomic E-state index is 11.2. The Morgan fingerprint density at radius 2 is 1.91 bits per heavy atom. The van der Waals surface area contributed by atoms with E-state index < -0.39 is 0 Å². The fourth-order valence-electron chi connectivity index (χ4n) is 2.25. The van der Waals surface area contributed by atoms with Gasteiger partial charge < -0.3 is 15.1 Å². The first kappa shape index (κ1) is 18.6. The molecule has 1 rings (SSSR count). The molecule has 1 N–H and O–H groups in total. The largest absolute Gasteiger partial charge is 0.371 e. The molecular formula is C16H25N5O2. The summed E-state index contributed by atoms with van der Waals surface area (Å²) in [6.07, 6.45) is 5.91. The second-order valence-electron chi connectivity index (χ2n) is 5.09. The van der Waals surface area contributed by atoms with Gasteiger partial charge in [-0.3, -0.25) is 14.6 Å². The molecule has 0 aliphatic carbocycles. The summed E-state index contributed by atoms with van der Waals surface area (Å²) in [6, 6.07) is 0. The predicted octanol–water partition coefficient (Wildman–Crippen LogP) is 0.456. The third-order valence-electron chi connectivity index (χ3n) is 3.60. The van der Waals surface area contributed by atoms with E-state index in [2.05, 4.69) is 33.7 Å². The number of ketones is 1. The number of carbonyl (C=O) groups is 2. The fourth-order valence-corrected chi connectivity index (χ4v) is 2.25. The Kier molecular flexibility index (Phi) is 8.34. The number of allylic oxidation sites excluding steroid dienone is 3. The fraction of sp³-hybridized carbons (Fsp3) is 0.500. The third kappa shape index (κ3) is 6.46. The number of amides is 1. The van der Waals surface area contributed by atoms with E-state index in [4.69, 9.17) is 0 Å². The predicted molar refractivity (Wildman–Crippen MR) is 92.6 cm³/mol. The molecule has 0 radical (unpaired) electrons. The van der Waals surface area contributed by atoms with E-state index in [9.17, 15) is 9.59 Å². The minimum atomic E-state index is -0.0360. The molecule has 23 heavy (non-hydrogen) atoms. The molecule has 0 aromatic rings. The summed E-state index contributed by atoms with van der Waals surface area (Å²) in [4.78, 5) is 34.0. The topological polar surface area (TPSA) is 77.4 Å². The molecule has 1 aliphatic rings. The molecule has 0 bridgehead atoms. The number of aliphatic imine (C=N–C) groups is 2. The van der Waals surface area contributed by atoms with Crippen LogP contribution in [0.15, 0.2) is 34.4 Å². The first-order chi connectivity index (χ1) is 11.1. The average Bonchev–Trinajstić information content (AvgIpc) is 2.58. The van der Waals surface area contributed by atoms with Crippen molar-refractivity contribution in [1.29, 1.82) is 0 Å². The Balaban J connectivity index is 2.54. The van der Waals surface area contributed by atoms with Gasteiger partial charge >= 0.3 is 0 Å². The molecule has 0 aromatic carbocycles. The molecule has 7 nitrogen and oxygen atoms in total. The lowest BCUT2D eigenvalue weighted by Crippen LogP contribution is -2.52. The highest BCUT2D eigenvalue weighted by atomic mass is 16.1. The van der Waals surface area contributed by atoms with Crippen molar-refractivity contribution in [3.05, 3.63) is 24.4 Å². The lowest BCUT2D eigenvalue weighted by atomic mass is 10.2. The van der Waals surface area contributed by atoms with Crippen LogP contribution >= 0.6 is 0 Å². The Hall–Kier alpha value is -2.44. The zero-order chi connectivity index (χ0) is 17.1. The molecule has 1 saturated heterocycles. The van der Waals surface area contributed by atoms with E-state index in [1.165, 1.54) is 6.08 Å². The van der Waals surface area contributed by atoms with Crippen molar-refractivity contribution in [3.8, 4) is 0 Å². The van der Waals surface area contributed by atoms with Gasteiger partial charge in [0.15, 0.2) is 5.78 Å². The van der Waals surface area contributed by atoms with Crippen LogP contribution in [0.3, 0.4) is 0 Å². The van der Waals surface area contributed by atoms with Crippen molar-refractivity contribution in [2.75, 3.05) is 39.8 Å². The van der Waals surface area contributed by atoms with Crippen LogP contribution in [0.5, 0.6) is 0 Å². The summed E-state index contributed by atoms with van der Waals surface area (Å²) >= 11 is 0. The molecule has 0 unspecified atom stereocenters. The van der Waals surface area contributed by atoms with Gasteiger partial charge in [0.1, 0.15) is 0 Å². The van der Waals surface area contributed by atoms with Gasteiger partial charge in [-0.05, 0) is 19.1 Å². The lowest BCUT2D eigenvalue weighted by Gasteiger charge is -2.37. The normalized spacial score (nSPS) is 16.6. The maximum atomic E-state index is 11.2. The second kappa shape index (κ2) is 10.3. The quantitative estimate of drug-likeness (QED) is 0.319. The molecule has 0 atom stereocenters. The van der Waals surface area contributed by atoms with Gasteiger partial charge in [-0.1, -0.05) is 6.58 Å². The van der Waals surface area contributed by atoms with Crippen molar-refractivity contribution in [2.24, 2.45) is 9.98 Å². The summed E-state index contributed by atoms with van der Waals surface area (Å²) < 4.78 is 0. The lowest BCUT2D eigenvalue weighted by molar-refractivity contribution is -0.114. The molecule has 0 aromatic heterocycles. The number of hydrogen-bond donors (Lipinski definition) is 1. The van der Waals surface area contributed by atoms with E-state index in [0.29, 0.717) is 25.3 Å². The van der Waals surface area contributed by atoms with E-state index in [0.717, 1.165) is 31.9 Å². The van der Waals surface area contributed by atoms with Crippen LogP contribution in [-0.4, -0.2) is 73.9 Å². The Morgan fingerprint density at radius 1 is 1.26 bits per heavy atom. The van der Waals surface area contributed by atoms with E-state index in [-0.39, 0.29) is 5.78 Å².